The van der Waals surface area contributed by atoms with E-state index in [-0.39, 0.29) is 17.7 Å². The molecular formula is C21H25N5OS. The van der Waals surface area contributed by atoms with Gasteiger partial charge in [-0.15, -0.1) is 5.10 Å². The van der Waals surface area contributed by atoms with Crippen LogP contribution in [0.5, 0.6) is 0 Å². The molecule has 1 amide bonds. The van der Waals surface area contributed by atoms with Crippen molar-refractivity contribution in [2.24, 2.45) is 0 Å². The summed E-state index contributed by atoms with van der Waals surface area (Å²) in [5.41, 5.74) is 5.95. The lowest BCUT2D eigenvalue weighted by Gasteiger charge is -2.20. The molecule has 0 spiro atoms. The number of carbonyl (C=O) groups is 1. The molecule has 146 valence electrons. The topological polar surface area (TPSA) is 72.2 Å². The van der Waals surface area contributed by atoms with Crippen LogP contribution < -0.4 is 5.32 Å². The number of amides is 1. The van der Waals surface area contributed by atoms with Crippen molar-refractivity contribution in [3.8, 4) is 0 Å². The first kappa shape index (κ1) is 18.9. The predicted molar refractivity (Wildman–Crippen MR) is 111 cm³/mol. The summed E-state index contributed by atoms with van der Waals surface area (Å²) in [4.78, 5) is 21.2. The van der Waals surface area contributed by atoms with E-state index in [0.29, 0.717) is 10.9 Å². The number of nitrogens with one attached hydrogen (secondary N) is 1. The van der Waals surface area contributed by atoms with E-state index >= 15 is 0 Å². The van der Waals surface area contributed by atoms with Gasteiger partial charge in [-0.3, -0.25) is 4.79 Å². The maximum atomic E-state index is 12.4. The quantitative estimate of drug-likeness (QED) is 0.669. The molecule has 1 aliphatic rings. The number of benzene rings is 1. The molecule has 1 aliphatic carbocycles. The van der Waals surface area contributed by atoms with Crippen LogP contribution in [0.4, 0.5) is 0 Å². The molecule has 0 saturated carbocycles. The van der Waals surface area contributed by atoms with Crippen molar-refractivity contribution in [1.82, 2.24) is 24.9 Å². The Labute approximate surface area is 169 Å². The highest BCUT2D eigenvalue weighted by molar-refractivity contribution is 7.99. The molecule has 28 heavy (non-hydrogen) atoms. The Morgan fingerprint density at radius 1 is 1.18 bits per heavy atom. The van der Waals surface area contributed by atoms with Crippen LogP contribution in [0.3, 0.4) is 0 Å². The van der Waals surface area contributed by atoms with Crippen molar-refractivity contribution in [3.63, 3.8) is 0 Å². The number of rotatable bonds is 5. The van der Waals surface area contributed by atoms with Crippen molar-refractivity contribution in [1.29, 1.82) is 0 Å². The SMILES string of the molecule is Cc1cc(C)n2nc(SCC(=O)NC(C)c3ccc4c(c3)CCCC4)nc2n1. The molecule has 2 heterocycles. The summed E-state index contributed by atoms with van der Waals surface area (Å²) in [6.07, 6.45) is 4.86. The van der Waals surface area contributed by atoms with Gasteiger partial charge in [-0.1, -0.05) is 30.0 Å². The van der Waals surface area contributed by atoms with Crippen molar-refractivity contribution in [3.05, 3.63) is 52.3 Å². The smallest absolute Gasteiger partial charge is 0.253 e. The van der Waals surface area contributed by atoms with Gasteiger partial charge < -0.3 is 5.32 Å². The third-order valence-electron chi connectivity index (χ3n) is 5.18. The van der Waals surface area contributed by atoms with E-state index in [1.165, 1.54) is 47.7 Å². The zero-order chi connectivity index (χ0) is 19.7. The first-order valence-electron chi connectivity index (χ1n) is 9.74. The van der Waals surface area contributed by atoms with E-state index < -0.39 is 0 Å². The van der Waals surface area contributed by atoms with Crippen molar-refractivity contribution < 1.29 is 4.79 Å². The number of hydrogen-bond donors (Lipinski definition) is 1. The van der Waals surface area contributed by atoms with Gasteiger partial charge in [0, 0.05) is 11.4 Å². The number of nitrogens with zero attached hydrogens (tertiary/aromatic N) is 4. The van der Waals surface area contributed by atoms with Crippen LogP contribution in [0.15, 0.2) is 29.4 Å². The molecule has 1 aromatic carbocycles. The molecule has 0 bridgehead atoms. The molecule has 3 aromatic rings. The number of aryl methyl sites for hydroxylation is 4. The molecular weight excluding hydrogens is 370 g/mol. The highest BCUT2D eigenvalue weighted by atomic mass is 32.2. The van der Waals surface area contributed by atoms with Crippen LogP contribution in [0, 0.1) is 13.8 Å². The van der Waals surface area contributed by atoms with E-state index in [9.17, 15) is 4.79 Å². The monoisotopic (exact) mass is 395 g/mol. The molecule has 2 aromatic heterocycles. The van der Waals surface area contributed by atoms with Gasteiger partial charge in [0.1, 0.15) is 0 Å². The molecule has 0 saturated heterocycles. The maximum absolute atomic E-state index is 12.4. The summed E-state index contributed by atoms with van der Waals surface area (Å²) >= 11 is 1.33. The van der Waals surface area contributed by atoms with Crippen LogP contribution in [0.1, 0.15) is 53.9 Å². The molecule has 1 unspecified atom stereocenters. The number of thioether (sulfide) groups is 1. The van der Waals surface area contributed by atoms with E-state index in [0.717, 1.165) is 17.8 Å². The van der Waals surface area contributed by atoms with Gasteiger partial charge in [0.15, 0.2) is 0 Å². The Morgan fingerprint density at radius 3 is 2.79 bits per heavy atom. The van der Waals surface area contributed by atoms with Gasteiger partial charge in [0.25, 0.3) is 5.78 Å². The van der Waals surface area contributed by atoms with Crippen molar-refractivity contribution in [2.45, 2.75) is 57.7 Å². The van der Waals surface area contributed by atoms with E-state index in [1.807, 2.05) is 26.8 Å². The fourth-order valence-corrected chi connectivity index (χ4v) is 4.36. The van der Waals surface area contributed by atoms with Crippen LogP contribution in [-0.4, -0.2) is 31.2 Å². The predicted octanol–water partition coefficient (Wildman–Crippen LogP) is 3.59. The average molecular weight is 396 g/mol. The fourth-order valence-electron chi connectivity index (χ4n) is 3.73. The second-order valence-corrected chi connectivity index (χ2v) is 8.40. The second-order valence-electron chi connectivity index (χ2n) is 7.46. The summed E-state index contributed by atoms with van der Waals surface area (Å²) in [6.45, 7) is 5.94. The number of aromatic nitrogens is 4. The first-order valence-corrected chi connectivity index (χ1v) is 10.7. The molecule has 1 N–H and O–H groups in total. The highest BCUT2D eigenvalue weighted by Gasteiger charge is 2.15. The zero-order valence-corrected chi connectivity index (χ0v) is 17.3. The Kier molecular flexibility index (Phi) is 5.35. The minimum absolute atomic E-state index is 0.0130. The van der Waals surface area contributed by atoms with Gasteiger partial charge in [0.2, 0.25) is 11.1 Å². The zero-order valence-electron chi connectivity index (χ0n) is 16.5. The summed E-state index contributed by atoms with van der Waals surface area (Å²) < 4.78 is 1.71. The first-order chi connectivity index (χ1) is 13.5. The Hall–Kier alpha value is -2.41. The lowest BCUT2D eigenvalue weighted by molar-refractivity contribution is -0.119. The van der Waals surface area contributed by atoms with E-state index in [1.54, 1.807) is 4.52 Å². The Bertz CT molecular complexity index is 1030. The molecule has 1 atom stereocenters. The Balaban J connectivity index is 1.37. The third kappa shape index (κ3) is 4.04. The van der Waals surface area contributed by atoms with Gasteiger partial charge >= 0.3 is 0 Å². The third-order valence-corrected chi connectivity index (χ3v) is 6.02. The average Bonchev–Trinajstić information content (AvgIpc) is 3.09. The standard InChI is InChI=1S/C21H25N5OS/c1-13-10-14(2)26-20(22-13)24-21(25-26)28-12-19(27)23-15(3)17-9-8-16-6-4-5-7-18(16)11-17/h8-11,15H,4-7,12H2,1-3H3,(H,23,27). The summed E-state index contributed by atoms with van der Waals surface area (Å²) in [5, 5.41) is 8.09. The number of carbonyl (C=O) groups excluding carboxylic acids is 1. The van der Waals surface area contributed by atoms with Gasteiger partial charge in [0.05, 0.1) is 11.8 Å². The maximum Gasteiger partial charge on any atom is 0.253 e. The summed E-state index contributed by atoms with van der Waals surface area (Å²) in [7, 11) is 0. The summed E-state index contributed by atoms with van der Waals surface area (Å²) in [6, 6.07) is 8.57. The van der Waals surface area contributed by atoms with Crippen molar-refractivity contribution in [2.75, 3.05) is 5.75 Å². The van der Waals surface area contributed by atoms with Crippen molar-refractivity contribution >= 4 is 23.4 Å². The minimum atomic E-state index is -0.0186. The number of fused-ring (bicyclic) bond motifs is 2. The molecule has 0 aliphatic heterocycles. The van der Waals surface area contributed by atoms with Crippen LogP contribution in [0.25, 0.3) is 5.78 Å². The molecule has 7 heteroatoms. The van der Waals surface area contributed by atoms with Gasteiger partial charge in [-0.05, 0) is 69.2 Å². The number of hydrogen-bond acceptors (Lipinski definition) is 5. The van der Waals surface area contributed by atoms with Crippen LogP contribution in [0.2, 0.25) is 0 Å². The summed E-state index contributed by atoms with van der Waals surface area (Å²) in [5.74, 6) is 0.835. The van der Waals surface area contributed by atoms with Gasteiger partial charge in [-0.2, -0.15) is 4.98 Å². The molecule has 6 nitrogen and oxygen atoms in total. The van der Waals surface area contributed by atoms with Crippen LogP contribution >= 0.6 is 11.8 Å². The lowest BCUT2D eigenvalue weighted by Crippen LogP contribution is -2.28. The molecule has 4 rings (SSSR count). The molecule has 0 radical (unpaired) electrons. The van der Waals surface area contributed by atoms with E-state index in [2.05, 4.69) is 38.6 Å². The lowest BCUT2D eigenvalue weighted by atomic mass is 9.89. The highest BCUT2D eigenvalue weighted by Crippen LogP contribution is 2.25. The fraction of sp³-hybridized carbons (Fsp3) is 0.429. The second kappa shape index (κ2) is 7.91. The van der Waals surface area contributed by atoms with Crippen LogP contribution in [-0.2, 0) is 17.6 Å². The molecule has 0 fully saturated rings. The largest absolute Gasteiger partial charge is 0.349 e. The minimum Gasteiger partial charge on any atom is -0.349 e. The normalized spacial score (nSPS) is 14.7. The van der Waals surface area contributed by atoms with E-state index in [4.69, 9.17) is 0 Å². The van der Waals surface area contributed by atoms with Gasteiger partial charge in [-0.25, -0.2) is 9.50 Å². The Morgan fingerprint density at radius 2 is 1.96 bits per heavy atom.